The molecule has 0 spiro atoms. The van der Waals surface area contributed by atoms with Gasteiger partial charge in [-0.2, -0.15) is 10.2 Å². The van der Waals surface area contributed by atoms with Crippen LogP contribution < -0.4 is 11.4 Å². The van der Waals surface area contributed by atoms with E-state index in [1.807, 2.05) is 28.3 Å². The fraction of sp³-hybridized carbons (Fsp3) is 0.412. The summed E-state index contributed by atoms with van der Waals surface area (Å²) in [5, 5.41) is 15.0. The molecule has 4 aliphatic rings. The van der Waals surface area contributed by atoms with E-state index in [0.717, 1.165) is 48.6 Å². The van der Waals surface area contributed by atoms with Gasteiger partial charge in [-0.15, -0.1) is 0 Å². The molecule has 0 bridgehead atoms. The number of benzene rings is 3. The molecule has 8 aromatic rings. The lowest BCUT2D eigenvalue weighted by Gasteiger charge is -2.35. The van der Waals surface area contributed by atoms with Crippen molar-refractivity contribution in [1.29, 1.82) is 0 Å². The number of amides is 1. The number of halogens is 2. The fourth-order valence-corrected chi connectivity index (χ4v) is 11.6. The van der Waals surface area contributed by atoms with Crippen LogP contribution >= 0.6 is 0 Å². The van der Waals surface area contributed by atoms with E-state index in [9.17, 15) is 9.59 Å². The lowest BCUT2D eigenvalue weighted by Crippen LogP contribution is -2.41. The Hall–Kier alpha value is -6.88. The van der Waals surface area contributed by atoms with Gasteiger partial charge in [-0.3, -0.25) is 28.1 Å². The highest BCUT2D eigenvalue weighted by Crippen LogP contribution is 2.56. The Kier molecular flexibility index (Phi) is 9.41. The number of carbonyl (C=O) groups excluding carboxylic acids is 1. The number of aromatic amines is 1. The van der Waals surface area contributed by atoms with E-state index in [-0.39, 0.29) is 40.9 Å². The smallest absolute Gasteiger partial charge is 0.376 e. The van der Waals surface area contributed by atoms with Crippen LogP contribution in [-0.2, 0) is 16.7 Å². The predicted molar refractivity (Wildman–Crippen MR) is 249 cm³/mol. The van der Waals surface area contributed by atoms with Gasteiger partial charge in [0.2, 0.25) is 0 Å². The van der Waals surface area contributed by atoms with E-state index >= 15 is 13.6 Å². The second-order valence-corrected chi connectivity index (χ2v) is 20.2. The van der Waals surface area contributed by atoms with Crippen molar-refractivity contribution in [2.45, 2.75) is 116 Å². The first-order chi connectivity index (χ1) is 32.6. The number of fused-ring (bicyclic) bond motifs is 3. The summed E-state index contributed by atoms with van der Waals surface area (Å²) < 4.78 is 51.1. The average Bonchev–Trinajstić information content (AvgIpc) is 3.94. The molecule has 17 heteroatoms. The number of hydrogen-bond donors (Lipinski definition) is 1. The molecule has 1 N–H and O–H groups in total. The van der Waals surface area contributed by atoms with Crippen LogP contribution in [0.15, 0.2) is 81.2 Å². The maximum atomic E-state index is 16.5. The van der Waals surface area contributed by atoms with Crippen molar-refractivity contribution in [1.82, 2.24) is 48.3 Å². The third kappa shape index (κ3) is 6.29. The van der Waals surface area contributed by atoms with Gasteiger partial charge in [-0.25, -0.2) is 23.1 Å². The summed E-state index contributed by atoms with van der Waals surface area (Å²) in [7, 11) is 0. The summed E-state index contributed by atoms with van der Waals surface area (Å²) in [4.78, 5) is 47.5. The molecule has 3 fully saturated rings. The molecule has 0 radical (unpaired) electrons. The molecular weight excluding hydrogens is 871 g/mol. The van der Waals surface area contributed by atoms with Crippen LogP contribution in [0.25, 0.3) is 39.0 Å². The highest BCUT2D eigenvalue weighted by molar-refractivity contribution is 6.00. The van der Waals surface area contributed by atoms with E-state index in [4.69, 9.17) is 14.4 Å². The third-order valence-electron chi connectivity index (χ3n) is 15.5. The monoisotopic (exact) mass is 922 g/mol. The van der Waals surface area contributed by atoms with E-state index in [2.05, 4.69) is 54.2 Å². The topological polar surface area (TPSA) is 156 Å². The number of rotatable bonds is 8. The summed E-state index contributed by atoms with van der Waals surface area (Å²) in [6.07, 6.45) is 10.4. The average molecular weight is 923 g/mol. The van der Waals surface area contributed by atoms with Crippen molar-refractivity contribution in [2.24, 2.45) is 5.92 Å². The first-order valence-corrected chi connectivity index (χ1v) is 23.7. The van der Waals surface area contributed by atoms with Crippen molar-refractivity contribution in [3.05, 3.63) is 139 Å². The van der Waals surface area contributed by atoms with Crippen molar-refractivity contribution in [3.8, 4) is 17.2 Å². The van der Waals surface area contributed by atoms with E-state index in [1.165, 1.54) is 21.5 Å². The van der Waals surface area contributed by atoms with Crippen LogP contribution in [0.2, 0.25) is 0 Å². The first kappa shape index (κ1) is 42.5. The minimum atomic E-state index is -0.857. The molecule has 12 rings (SSSR count). The molecule has 5 aromatic heterocycles. The van der Waals surface area contributed by atoms with Crippen LogP contribution in [0.5, 0.6) is 0 Å². The number of ether oxygens (including phenoxy) is 1. The molecule has 2 aliphatic carbocycles. The molecule has 350 valence electrons. The Bertz CT molecular complexity index is 3480. The summed E-state index contributed by atoms with van der Waals surface area (Å²) in [5.74, 6) is -0.857. The van der Waals surface area contributed by atoms with Crippen LogP contribution in [0, 0.1) is 31.4 Å². The zero-order chi connectivity index (χ0) is 47.1. The Morgan fingerprint density at radius 1 is 0.912 bits per heavy atom. The molecule has 2 aliphatic heterocycles. The molecule has 4 unspecified atom stereocenters. The Labute approximate surface area is 388 Å². The van der Waals surface area contributed by atoms with Crippen molar-refractivity contribution in [2.75, 3.05) is 13.2 Å². The van der Waals surface area contributed by atoms with Crippen LogP contribution in [0.4, 0.5) is 8.78 Å². The number of carbonyl (C=O) groups is 1. The summed E-state index contributed by atoms with van der Waals surface area (Å²) in [6.45, 7) is 12.5. The minimum absolute atomic E-state index is 0.000372. The molecule has 15 nitrogen and oxygen atoms in total. The molecule has 7 heterocycles. The summed E-state index contributed by atoms with van der Waals surface area (Å²) in [5.41, 5.74) is 4.11. The van der Waals surface area contributed by atoms with E-state index in [1.54, 1.807) is 47.8 Å². The number of nitrogens with zero attached hydrogens (tertiary/aromatic N) is 9. The van der Waals surface area contributed by atoms with Gasteiger partial charge in [0.15, 0.2) is 11.6 Å². The molecule has 2 saturated carbocycles. The molecule has 3 aromatic carbocycles. The third-order valence-corrected chi connectivity index (χ3v) is 15.5. The second kappa shape index (κ2) is 15.1. The number of H-pyrrole nitrogens is 1. The predicted octanol–water partition coefficient (Wildman–Crippen LogP) is 8.63. The van der Waals surface area contributed by atoms with Gasteiger partial charge in [-0.05, 0) is 144 Å². The second-order valence-electron chi connectivity index (χ2n) is 20.2. The van der Waals surface area contributed by atoms with Gasteiger partial charge in [-0.1, -0.05) is 18.1 Å². The van der Waals surface area contributed by atoms with Gasteiger partial charge >= 0.3 is 11.4 Å². The molecular formula is C51H52F2N10O5. The quantitative estimate of drug-likeness (QED) is 0.159. The maximum Gasteiger partial charge on any atom is 0.438 e. The zero-order valence-electron chi connectivity index (χ0n) is 38.8. The first-order valence-electron chi connectivity index (χ1n) is 23.7. The number of hydrogen-bond acceptors (Lipinski definition) is 8. The summed E-state index contributed by atoms with van der Waals surface area (Å²) in [6, 6.07) is 14.7. The lowest BCUT2D eigenvalue weighted by atomic mass is 9.83. The number of nitrogens with one attached hydrogen (secondary N) is 1. The Balaban J connectivity index is 0.989. The number of aryl methyl sites for hydroxylation is 2. The van der Waals surface area contributed by atoms with Gasteiger partial charge in [0.1, 0.15) is 22.9 Å². The van der Waals surface area contributed by atoms with E-state index in [0.29, 0.717) is 82.3 Å². The largest absolute Gasteiger partial charge is 0.438 e. The van der Waals surface area contributed by atoms with Crippen molar-refractivity contribution in [3.63, 3.8) is 0 Å². The Morgan fingerprint density at radius 3 is 2.35 bits per heavy atom. The van der Waals surface area contributed by atoms with Crippen LogP contribution in [-0.4, -0.2) is 73.0 Å². The minimum Gasteiger partial charge on any atom is -0.376 e. The van der Waals surface area contributed by atoms with Gasteiger partial charge in [0.05, 0.1) is 51.9 Å². The SMILES string of the molecule is Cc1cc(-n2nc3c(c2-n2ccn(-c4ccc5c(cnn5C5CCC5)c4F)c2=O)C(C)N(C(=O)c2cc4cc(C5CCOC(C)(C)C5)ccc4n2C2(c4noc(=O)[nH]4)CC2C)CC3)cc(C)c1F. The number of aromatic nitrogens is 9. The Morgan fingerprint density at radius 2 is 1.66 bits per heavy atom. The van der Waals surface area contributed by atoms with Gasteiger partial charge in [0.25, 0.3) is 5.91 Å². The van der Waals surface area contributed by atoms with Gasteiger partial charge < -0.3 is 14.2 Å². The lowest BCUT2D eigenvalue weighted by molar-refractivity contribution is -0.0592. The zero-order valence-corrected chi connectivity index (χ0v) is 38.8. The normalized spacial score (nSPS) is 22.5. The van der Waals surface area contributed by atoms with Crippen LogP contribution in [0.1, 0.15) is 128 Å². The van der Waals surface area contributed by atoms with Crippen molar-refractivity contribution < 1.29 is 22.8 Å². The highest BCUT2D eigenvalue weighted by atomic mass is 19.1. The van der Waals surface area contributed by atoms with Gasteiger partial charge in [0, 0.05) is 48.4 Å². The molecule has 1 amide bonds. The molecule has 1 saturated heterocycles. The number of imidazole rings is 1. The van der Waals surface area contributed by atoms with E-state index < -0.39 is 28.8 Å². The fourth-order valence-electron chi connectivity index (χ4n) is 11.6. The maximum absolute atomic E-state index is 16.5. The van der Waals surface area contributed by atoms with Crippen LogP contribution in [0.3, 0.4) is 0 Å². The standard InChI is InChI=1S/C51H52F2N10O5/c1-27-20-35(21-28(2)43(27)52)63-45(60-18-17-59(49(60)66)40-13-12-39-36(44(40)53)26-54-62(39)34-8-7-9-34)42-30(4)58(16-14-37(42)56-63)46(64)41-23-33-22-31(32-15-19-67-50(5,6)25-32)10-11-38(33)61(41)51(24-29(51)3)47-55-48(65)68-57-47/h10-13,17-18,20-23,26,29-30,32,34H,7-9,14-16,19,24-25H2,1-6H3,(H,55,57,65). The highest BCUT2D eigenvalue weighted by Gasteiger charge is 2.59. The van der Waals surface area contributed by atoms with Crippen molar-refractivity contribution >= 4 is 27.7 Å². The summed E-state index contributed by atoms with van der Waals surface area (Å²) >= 11 is 0. The molecule has 68 heavy (non-hydrogen) atoms. The molecule has 4 atom stereocenters.